The van der Waals surface area contributed by atoms with Crippen molar-refractivity contribution in [1.82, 2.24) is 24.9 Å². The standard InChI is InChI=1S/C15H19N5O3/c1-10-4-5-13(17-16-10)23-11-6-7-20(8-11)15(21)12-9-19(2)18-14(12)22-3/h4-5,9,11H,6-8H2,1-3H3/t11-/m1/s1. The summed E-state index contributed by atoms with van der Waals surface area (Å²) in [6.07, 6.45) is 2.34. The Balaban J connectivity index is 1.64. The highest BCUT2D eigenvalue weighted by molar-refractivity contribution is 5.96. The first-order valence-electron chi connectivity index (χ1n) is 7.40. The lowest BCUT2D eigenvalue weighted by atomic mass is 10.3. The van der Waals surface area contributed by atoms with Crippen molar-refractivity contribution >= 4 is 5.91 Å². The summed E-state index contributed by atoms with van der Waals surface area (Å²) in [5.74, 6) is 0.719. The molecule has 1 saturated heterocycles. The van der Waals surface area contributed by atoms with Crippen LogP contribution in [0, 0.1) is 6.92 Å². The largest absolute Gasteiger partial charge is 0.479 e. The van der Waals surface area contributed by atoms with Crippen LogP contribution in [0.25, 0.3) is 0 Å². The number of ether oxygens (including phenoxy) is 2. The van der Waals surface area contributed by atoms with Crippen LogP contribution in [-0.4, -0.2) is 57.1 Å². The van der Waals surface area contributed by atoms with E-state index >= 15 is 0 Å². The Labute approximate surface area is 134 Å². The fourth-order valence-electron chi connectivity index (χ4n) is 2.57. The molecule has 2 aromatic heterocycles. The van der Waals surface area contributed by atoms with Crippen molar-refractivity contribution in [2.45, 2.75) is 19.4 Å². The van der Waals surface area contributed by atoms with Gasteiger partial charge in [0.15, 0.2) is 0 Å². The van der Waals surface area contributed by atoms with Crippen LogP contribution in [0.4, 0.5) is 0 Å². The molecule has 23 heavy (non-hydrogen) atoms. The smallest absolute Gasteiger partial charge is 0.261 e. The Bertz CT molecular complexity index is 698. The predicted molar refractivity (Wildman–Crippen MR) is 81.5 cm³/mol. The lowest BCUT2D eigenvalue weighted by Crippen LogP contribution is -2.31. The zero-order valence-corrected chi connectivity index (χ0v) is 13.4. The van der Waals surface area contributed by atoms with Crippen LogP contribution in [0.15, 0.2) is 18.3 Å². The van der Waals surface area contributed by atoms with Crippen LogP contribution in [-0.2, 0) is 7.05 Å². The number of carbonyl (C=O) groups excluding carboxylic acids is 1. The van der Waals surface area contributed by atoms with Crippen molar-refractivity contribution in [3.63, 3.8) is 0 Å². The summed E-state index contributed by atoms with van der Waals surface area (Å²) >= 11 is 0. The molecule has 2 aromatic rings. The minimum absolute atomic E-state index is 0.0846. The molecule has 0 radical (unpaired) electrons. The number of aromatic nitrogens is 4. The van der Waals surface area contributed by atoms with Gasteiger partial charge in [-0.3, -0.25) is 9.48 Å². The van der Waals surface area contributed by atoms with Crippen LogP contribution in [0.1, 0.15) is 22.5 Å². The zero-order valence-electron chi connectivity index (χ0n) is 13.4. The van der Waals surface area contributed by atoms with Gasteiger partial charge in [-0.1, -0.05) is 0 Å². The quantitative estimate of drug-likeness (QED) is 0.830. The molecule has 1 fully saturated rings. The van der Waals surface area contributed by atoms with Crippen LogP contribution < -0.4 is 9.47 Å². The molecule has 1 aliphatic rings. The molecular formula is C15H19N5O3. The third-order valence-corrected chi connectivity index (χ3v) is 3.71. The molecule has 8 nitrogen and oxygen atoms in total. The van der Waals surface area contributed by atoms with Gasteiger partial charge in [0.1, 0.15) is 11.7 Å². The maximum atomic E-state index is 12.6. The van der Waals surface area contributed by atoms with E-state index in [2.05, 4.69) is 15.3 Å². The predicted octanol–water partition coefficient (Wildman–Crippen LogP) is 0.821. The minimum Gasteiger partial charge on any atom is -0.479 e. The Morgan fingerprint density at radius 3 is 2.87 bits per heavy atom. The first-order chi connectivity index (χ1) is 11.1. The van der Waals surface area contributed by atoms with E-state index in [0.717, 1.165) is 12.1 Å². The summed E-state index contributed by atoms with van der Waals surface area (Å²) in [5, 5.41) is 12.1. The molecule has 0 saturated carbocycles. The van der Waals surface area contributed by atoms with Gasteiger partial charge < -0.3 is 14.4 Å². The Morgan fingerprint density at radius 1 is 1.35 bits per heavy atom. The maximum Gasteiger partial charge on any atom is 0.261 e. The van der Waals surface area contributed by atoms with Crippen molar-refractivity contribution in [2.75, 3.05) is 20.2 Å². The second-order valence-electron chi connectivity index (χ2n) is 5.52. The first kappa shape index (κ1) is 15.3. The fraction of sp³-hybridized carbons (Fsp3) is 0.467. The van der Waals surface area contributed by atoms with Gasteiger partial charge in [-0.2, -0.15) is 5.10 Å². The Hall–Kier alpha value is -2.64. The monoisotopic (exact) mass is 317 g/mol. The molecule has 1 aliphatic heterocycles. The summed E-state index contributed by atoms with van der Waals surface area (Å²) in [7, 11) is 3.26. The van der Waals surface area contributed by atoms with E-state index < -0.39 is 0 Å². The molecule has 8 heteroatoms. The van der Waals surface area contributed by atoms with Gasteiger partial charge in [-0.25, -0.2) is 0 Å². The average Bonchev–Trinajstić information content (AvgIpc) is 3.15. The van der Waals surface area contributed by atoms with Gasteiger partial charge >= 0.3 is 0 Å². The lowest BCUT2D eigenvalue weighted by Gasteiger charge is -2.16. The van der Waals surface area contributed by atoms with E-state index in [1.165, 1.54) is 7.11 Å². The first-order valence-corrected chi connectivity index (χ1v) is 7.40. The number of carbonyl (C=O) groups is 1. The van der Waals surface area contributed by atoms with Gasteiger partial charge in [-0.15, -0.1) is 10.2 Å². The van der Waals surface area contributed by atoms with Crippen molar-refractivity contribution in [2.24, 2.45) is 7.05 Å². The summed E-state index contributed by atoms with van der Waals surface area (Å²) < 4.78 is 12.5. The molecule has 1 atom stereocenters. The van der Waals surface area contributed by atoms with Crippen molar-refractivity contribution in [3.05, 3.63) is 29.6 Å². The number of amides is 1. The van der Waals surface area contributed by atoms with Gasteiger partial charge in [0, 0.05) is 32.3 Å². The lowest BCUT2D eigenvalue weighted by molar-refractivity contribution is 0.0767. The molecular weight excluding hydrogens is 298 g/mol. The van der Waals surface area contributed by atoms with Crippen LogP contribution in [0.3, 0.4) is 0 Å². The van der Waals surface area contributed by atoms with E-state index in [1.807, 2.05) is 13.0 Å². The van der Waals surface area contributed by atoms with E-state index in [4.69, 9.17) is 9.47 Å². The molecule has 1 amide bonds. The molecule has 0 spiro atoms. The molecule has 0 aliphatic carbocycles. The van der Waals surface area contributed by atoms with E-state index in [-0.39, 0.29) is 12.0 Å². The number of hydrogen-bond donors (Lipinski definition) is 0. The van der Waals surface area contributed by atoms with E-state index in [1.54, 1.807) is 28.9 Å². The number of methoxy groups -OCH3 is 1. The Morgan fingerprint density at radius 2 is 2.17 bits per heavy atom. The van der Waals surface area contributed by atoms with Crippen LogP contribution in [0.2, 0.25) is 0 Å². The van der Waals surface area contributed by atoms with Crippen molar-refractivity contribution in [1.29, 1.82) is 0 Å². The molecule has 0 unspecified atom stereocenters. The number of rotatable bonds is 4. The van der Waals surface area contributed by atoms with Gasteiger partial charge in [0.05, 0.1) is 19.3 Å². The summed E-state index contributed by atoms with van der Waals surface area (Å²) in [6, 6.07) is 3.64. The van der Waals surface area contributed by atoms with E-state index in [9.17, 15) is 4.79 Å². The van der Waals surface area contributed by atoms with Crippen molar-refractivity contribution < 1.29 is 14.3 Å². The normalized spacial score (nSPS) is 17.3. The second-order valence-corrected chi connectivity index (χ2v) is 5.52. The van der Waals surface area contributed by atoms with Gasteiger partial charge in [0.25, 0.3) is 5.91 Å². The Kier molecular flexibility index (Phi) is 4.14. The van der Waals surface area contributed by atoms with E-state index in [0.29, 0.717) is 30.4 Å². The number of hydrogen-bond acceptors (Lipinski definition) is 6. The molecule has 3 heterocycles. The highest BCUT2D eigenvalue weighted by Gasteiger charge is 2.31. The molecule has 0 aromatic carbocycles. The van der Waals surface area contributed by atoms with Crippen molar-refractivity contribution in [3.8, 4) is 11.8 Å². The highest BCUT2D eigenvalue weighted by atomic mass is 16.5. The van der Waals surface area contributed by atoms with Crippen LogP contribution in [0.5, 0.6) is 11.8 Å². The third kappa shape index (κ3) is 3.25. The molecule has 0 bridgehead atoms. The number of likely N-dealkylation sites (tertiary alicyclic amines) is 1. The van der Waals surface area contributed by atoms with Gasteiger partial charge in [0.2, 0.25) is 11.8 Å². The summed E-state index contributed by atoms with van der Waals surface area (Å²) in [4.78, 5) is 14.3. The summed E-state index contributed by atoms with van der Waals surface area (Å²) in [5.41, 5.74) is 1.30. The van der Waals surface area contributed by atoms with Gasteiger partial charge in [-0.05, 0) is 13.0 Å². The minimum atomic E-state index is -0.101. The highest BCUT2D eigenvalue weighted by Crippen LogP contribution is 2.22. The third-order valence-electron chi connectivity index (χ3n) is 3.71. The topological polar surface area (TPSA) is 82.4 Å². The maximum absolute atomic E-state index is 12.6. The van der Waals surface area contributed by atoms with Crippen LogP contribution >= 0.6 is 0 Å². The molecule has 3 rings (SSSR count). The zero-order chi connectivity index (χ0) is 16.4. The SMILES string of the molecule is COc1nn(C)cc1C(=O)N1CC[C@@H](Oc2ccc(C)nn2)C1. The molecule has 0 N–H and O–H groups in total. The second kappa shape index (κ2) is 6.23. The fourth-order valence-corrected chi connectivity index (χ4v) is 2.57. The summed E-state index contributed by atoms with van der Waals surface area (Å²) in [6.45, 7) is 3.00. The average molecular weight is 317 g/mol. The number of nitrogens with zero attached hydrogens (tertiary/aromatic N) is 5. The number of aryl methyl sites for hydroxylation is 2. The molecule has 122 valence electrons.